The first-order valence-electron chi connectivity index (χ1n) is 6.81. The lowest BCUT2D eigenvalue weighted by molar-refractivity contribution is 0.399. The summed E-state index contributed by atoms with van der Waals surface area (Å²) in [6, 6.07) is 1.69. The first-order valence-corrected chi connectivity index (χ1v) is 7.60. The monoisotopic (exact) mass is 342 g/mol. The number of aromatic nitrogens is 2. The van der Waals surface area contributed by atoms with Gasteiger partial charge in [0, 0.05) is 13.3 Å². The van der Waals surface area contributed by atoms with Gasteiger partial charge in [-0.3, -0.25) is 4.40 Å². The second kappa shape index (κ2) is 8.81. The average Bonchev–Trinajstić information content (AvgIpc) is 2.86. The summed E-state index contributed by atoms with van der Waals surface area (Å²) < 4.78 is 2.64. The van der Waals surface area contributed by atoms with E-state index in [1.165, 1.54) is 38.5 Å². The molecule has 112 valence electrons. The summed E-state index contributed by atoms with van der Waals surface area (Å²) in [5.74, 6) is 0. The fourth-order valence-corrected chi connectivity index (χ4v) is 2.54. The number of hydrogen-bond donors (Lipinski definition) is 3. The molecule has 1 aliphatic rings. The van der Waals surface area contributed by atoms with Crippen molar-refractivity contribution in [2.24, 2.45) is 0 Å². The lowest BCUT2D eigenvalue weighted by atomic mass is 10.0. The van der Waals surface area contributed by atoms with Gasteiger partial charge in [-0.15, -0.1) is 0 Å². The standard InChI is InChI=1S/C7H7BrN4.C6H12.CH4O/c8-6-2-11-7-5(10)1-4(9)3-12(6)7;1-2-4-6-5-3-1;1-2/h1-3H,9-10H2;1-6H2;2H,1H3. The van der Waals surface area contributed by atoms with Crippen molar-refractivity contribution in [3.8, 4) is 0 Å². The molecule has 0 bridgehead atoms. The van der Waals surface area contributed by atoms with E-state index in [0.29, 0.717) is 11.4 Å². The van der Waals surface area contributed by atoms with Gasteiger partial charge in [-0.2, -0.15) is 0 Å². The summed E-state index contributed by atoms with van der Waals surface area (Å²) in [7, 11) is 1.00. The van der Waals surface area contributed by atoms with E-state index < -0.39 is 0 Å². The van der Waals surface area contributed by atoms with E-state index in [1.54, 1.807) is 22.9 Å². The van der Waals surface area contributed by atoms with Crippen LogP contribution in [0.1, 0.15) is 38.5 Å². The van der Waals surface area contributed by atoms with E-state index in [2.05, 4.69) is 20.9 Å². The number of nitrogens with zero attached hydrogens (tertiary/aromatic N) is 2. The number of halogens is 1. The predicted molar refractivity (Wildman–Crippen MR) is 87.6 cm³/mol. The van der Waals surface area contributed by atoms with Crippen molar-refractivity contribution in [2.45, 2.75) is 38.5 Å². The Morgan fingerprint density at radius 1 is 1.10 bits per heavy atom. The van der Waals surface area contributed by atoms with Gasteiger partial charge in [-0.1, -0.05) is 38.5 Å². The lowest BCUT2D eigenvalue weighted by Crippen LogP contribution is -1.96. The SMILES string of the molecule is C1CCCCC1.CO.Nc1cc(N)c2ncc(Br)n2c1. The molecule has 5 N–H and O–H groups in total. The van der Waals surface area contributed by atoms with Crippen molar-refractivity contribution in [1.82, 2.24) is 9.38 Å². The van der Waals surface area contributed by atoms with Gasteiger partial charge in [0.1, 0.15) is 4.60 Å². The van der Waals surface area contributed by atoms with Crippen molar-refractivity contribution in [1.29, 1.82) is 0 Å². The van der Waals surface area contributed by atoms with Crippen LogP contribution in [0.15, 0.2) is 23.1 Å². The molecule has 0 spiro atoms. The van der Waals surface area contributed by atoms with Gasteiger partial charge in [-0.05, 0) is 22.0 Å². The molecule has 20 heavy (non-hydrogen) atoms. The lowest BCUT2D eigenvalue weighted by Gasteiger charge is -2.05. The second-order valence-electron chi connectivity index (χ2n) is 4.62. The molecule has 0 saturated heterocycles. The minimum absolute atomic E-state index is 0.584. The Labute approximate surface area is 128 Å². The highest BCUT2D eigenvalue weighted by atomic mass is 79.9. The van der Waals surface area contributed by atoms with Gasteiger partial charge in [0.05, 0.1) is 17.6 Å². The molecule has 3 rings (SSSR count). The van der Waals surface area contributed by atoms with Crippen LogP contribution in [-0.2, 0) is 0 Å². The van der Waals surface area contributed by atoms with Crippen molar-refractivity contribution >= 4 is 33.0 Å². The number of aliphatic hydroxyl groups is 1. The predicted octanol–water partition coefficient (Wildman–Crippen LogP) is 3.21. The van der Waals surface area contributed by atoms with Crippen LogP contribution in [0.4, 0.5) is 11.4 Å². The summed E-state index contributed by atoms with van der Waals surface area (Å²) in [6.07, 6.45) is 12.5. The van der Waals surface area contributed by atoms with Crippen molar-refractivity contribution < 1.29 is 5.11 Å². The molecule has 0 aromatic carbocycles. The number of imidazole rings is 1. The van der Waals surface area contributed by atoms with Crippen LogP contribution in [-0.4, -0.2) is 21.6 Å². The molecule has 6 heteroatoms. The van der Waals surface area contributed by atoms with Gasteiger partial charge in [0.25, 0.3) is 0 Å². The molecule has 2 aromatic rings. The molecule has 0 atom stereocenters. The molecule has 0 amide bonds. The minimum atomic E-state index is 0.584. The maximum absolute atomic E-state index is 7.00. The fourth-order valence-electron chi connectivity index (χ4n) is 2.17. The summed E-state index contributed by atoms with van der Waals surface area (Å²) in [5, 5.41) is 7.00. The first kappa shape index (κ1) is 16.8. The van der Waals surface area contributed by atoms with Crippen LogP contribution >= 0.6 is 15.9 Å². The molecule has 2 heterocycles. The third-order valence-corrected chi connectivity index (χ3v) is 3.70. The van der Waals surface area contributed by atoms with E-state index in [-0.39, 0.29) is 0 Å². The quantitative estimate of drug-likeness (QED) is 0.685. The van der Waals surface area contributed by atoms with Gasteiger partial charge in [-0.25, -0.2) is 4.98 Å². The average molecular weight is 343 g/mol. The number of nitrogens with two attached hydrogens (primary N) is 2. The highest BCUT2D eigenvalue weighted by molar-refractivity contribution is 9.10. The number of hydrogen-bond acceptors (Lipinski definition) is 4. The largest absolute Gasteiger partial charge is 0.400 e. The molecule has 2 aromatic heterocycles. The van der Waals surface area contributed by atoms with Gasteiger partial charge in [0.15, 0.2) is 5.65 Å². The van der Waals surface area contributed by atoms with Crippen LogP contribution in [0, 0.1) is 0 Å². The molecule has 0 unspecified atom stereocenters. The van der Waals surface area contributed by atoms with Crippen LogP contribution < -0.4 is 11.5 Å². The summed E-state index contributed by atoms with van der Waals surface area (Å²) >= 11 is 3.32. The zero-order valence-corrected chi connectivity index (χ0v) is 13.4. The van der Waals surface area contributed by atoms with Gasteiger partial charge >= 0.3 is 0 Å². The summed E-state index contributed by atoms with van der Waals surface area (Å²) in [6.45, 7) is 0. The first-order chi connectivity index (χ1) is 9.68. The van der Waals surface area contributed by atoms with Gasteiger partial charge in [0.2, 0.25) is 0 Å². The number of aliphatic hydroxyl groups excluding tert-OH is 1. The van der Waals surface area contributed by atoms with E-state index in [0.717, 1.165) is 17.4 Å². The Bertz CT molecular complexity index is 512. The highest BCUT2D eigenvalue weighted by Gasteiger charge is 2.03. The molecular formula is C14H23BrN4O. The second-order valence-corrected chi connectivity index (χ2v) is 5.44. The van der Waals surface area contributed by atoms with E-state index in [1.807, 2.05) is 0 Å². The van der Waals surface area contributed by atoms with Crippen LogP contribution in [0.5, 0.6) is 0 Å². The Balaban J connectivity index is 0.000000211. The number of anilines is 2. The Morgan fingerprint density at radius 2 is 1.60 bits per heavy atom. The van der Waals surface area contributed by atoms with E-state index in [9.17, 15) is 0 Å². The Hall–Kier alpha value is -1.27. The Kier molecular flexibility index (Phi) is 7.40. The molecule has 1 aliphatic carbocycles. The third kappa shape index (κ3) is 4.68. The van der Waals surface area contributed by atoms with E-state index in [4.69, 9.17) is 16.6 Å². The smallest absolute Gasteiger partial charge is 0.161 e. The molecular weight excluding hydrogens is 320 g/mol. The van der Waals surface area contributed by atoms with Crippen LogP contribution in [0.2, 0.25) is 0 Å². The van der Waals surface area contributed by atoms with Crippen LogP contribution in [0.25, 0.3) is 5.65 Å². The molecule has 0 aliphatic heterocycles. The molecule has 0 radical (unpaired) electrons. The normalized spacial score (nSPS) is 13.9. The highest BCUT2D eigenvalue weighted by Crippen LogP contribution is 2.20. The fraction of sp³-hybridized carbons (Fsp3) is 0.500. The molecule has 1 saturated carbocycles. The summed E-state index contributed by atoms with van der Waals surface area (Å²) in [4.78, 5) is 4.09. The van der Waals surface area contributed by atoms with Crippen LogP contribution in [0.3, 0.4) is 0 Å². The number of rotatable bonds is 0. The zero-order valence-electron chi connectivity index (χ0n) is 11.8. The maximum atomic E-state index is 7.00. The number of nitrogen functional groups attached to an aromatic ring is 2. The number of fused-ring (bicyclic) bond motifs is 1. The number of pyridine rings is 1. The maximum Gasteiger partial charge on any atom is 0.161 e. The zero-order chi connectivity index (χ0) is 15.0. The topological polar surface area (TPSA) is 89.6 Å². The van der Waals surface area contributed by atoms with Gasteiger partial charge < -0.3 is 16.6 Å². The minimum Gasteiger partial charge on any atom is -0.400 e. The Morgan fingerprint density at radius 3 is 2.10 bits per heavy atom. The van der Waals surface area contributed by atoms with E-state index >= 15 is 0 Å². The third-order valence-electron chi connectivity index (χ3n) is 3.11. The van der Waals surface area contributed by atoms with Crippen molar-refractivity contribution in [3.05, 3.63) is 23.1 Å². The van der Waals surface area contributed by atoms with Crippen molar-refractivity contribution in [2.75, 3.05) is 18.6 Å². The molecule has 1 fully saturated rings. The molecule has 5 nitrogen and oxygen atoms in total. The van der Waals surface area contributed by atoms with Crippen molar-refractivity contribution in [3.63, 3.8) is 0 Å². The summed E-state index contributed by atoms with van der Waals surface area (Å²) in [5.41, 5.74) is 13.2.